The molecular formula is C83H159NO18. The number of ether oxygens (including phenoxy) is 6. The zero-order valence-electron chi connectivity index (χ0n) is 64.9. The molecule has 3 aliphatic rings. The Morgan fingerprint density at radius 2 is 0.618 bits per heavy atom. The van der Waals surface area contributed by atoms with Crippen molar-refractivity contribution in [2.24, 2.45) is 0 Å². The van der Waals surface area contributed by atoms with Crippen LogP contribution in [0.4, 0.5) is 0 Å². The van der Waals surface area contributed by atoms with Crippen molar-refractivity contribution in [1.29, 1.82) is 0 Å². The molecule has 1 amide bonds. The third-order valence-corrected chi connectivity index (χ3v) is 21.8. The highest BCUT2D eigenvalue weighted by Crippen LogP contribution is 2.34. The lowest BCUT2D eigenvalue weighted by Crippen LogP contribution is -2.66. The number of nitrogens with one attached hydrogen (secondary N) is 1. The Labute approximate surface area is 620 Å². The smallest absolute Gasteiger partial charge is 0.220 e. The maximum atomic E-state index is 13.5. The number of carbonyl (C=O) groups excluding carboxylic acids is 1. The van der Waals surface area contributed by atoms with E-state index in [1.165, 1.54) is 302 Å². The van der Waals surface area contributed by atoms with Gasteiger partial charge in [-0.2, -0.15) is 0 Å². The summed E-state index contributed by atoms with van der Waals surface area (Å²) in [4.78, 5) is 13.5. The number of amides is 1. The molecule has 12 N–H and O–H groups in total. The third kappa shape index (κ3) is 43.7. The number of hydrogen-bond donors (Lipinski definition) is 12. The normalized spacial score (nSPS) is 26.1. The molecule has 0 aromatic rings. The fourth-order valence-electron chi connectivity index (χ4n) is 15.0. The summed E-state index contributed by atoms with van der Waals surface area (Å²) in [5, 5.41) is 121. The fraction of sp³-hybridized carbons (Fsp3) is 0.964. The van der Waals surface area contributed by atoms with E-state index in [9.17, 15) is 61.0 Å². The van der Waals surface area contributed by atoms with Gasteiger partial charge in [-0.3, -0.25) is 4.79 Å². The number of aliphatic hydroxyl groups excluding tert-OH is 11. The van der Waals surface area contributed by atoms with Gasteiger partial charge >= 0.3 is 0 Å². The highest BCUT2D eigenvalue weighted by molar-refractivity contribution is 5.76. The third-order valence-electron chi connectivity index (χ3n) is 21.8. The standard InChI is InChI=1S/C83H159NO18/c1-3-5-7-9-11-13-15-17-19-21-23-25-27-29-30-31-32-33-34-35-36-37-39-41-43-45-47-49-51-53-55-57-59-61-71(89)84-66(67(88)60-58-56-54-52-50-48-46-44-42-40-38-28-26-24-22-20-18-16-14-12-10-8-6-4-2)65-97-81-77(95)74(92)79(69(63-86)99-81)102-83-78(96)75(93)80(70(64-87)100-83)101-82-76(94)73(91)72(90)68(62-85)98-82/h21,23,66-70,72-83,85-88,90-96H,3-20,22,24-65H2,1-2H3,(H,84,89)/b23-21-. The molecule has 17 unspecified atom stereocenters. The molecule has 0 spiro atoms. The lowest BCUT2D eigenvalue weighted by Gasteiger charge is -2.48. The highest BCUT2D eigenvalue weighted by Gasteiger charge is 2.54. The lowest BCUT2D eigenvalue weighted by atomic mass is 9.96. The van der Waals surface area contributed by atoms with Crippen LogP contribution >= 0.6 is 0 Å². The van der Waals surface area contributed by atoms with Gasteiger partial charge in [0.1, 0.15) is 73.2 Å². The quantitative estimate of drug-likeness (QED) is 0.0199. The van der Waals surface area contributed by atoms with Crippen LogP contribution in [0.5, 0.6) is 0 Å². The predicted octanol–water partition coefficient (Wildman–Crippen LogP) is 15.1. The first kappa shape index (κ1) is 94.7. The first-order valence-corrected chi connectivity index (χ1v) is 42.9. The minimum absolute atomic E-state index is 0.233. The van der Waals surface area contributed by atoms with Gasteiger partial charge in [0.25, 0.3) is 0 Å². The van der Waals surface area contributed by atoms with Crippen LogP contribution in [0.15, 0.2) is 12.2 Å². The summed E-state index contributed by atoms with van der Waals surface area (Å²) < 4.78 is 34.6. The van der Waals surface area contributed by atoms with Crippen molar-refractivity contribution in [3.05, 3.63) is 12.2 Å². The molecule has 604 valence electrons. The van der Waals surface area contributed by atoms with E-state index in [0.29, 0.717) is 12.8 Å². The van der Waals surface area contributed by atoms with Crippen LogP contribution in [-0.2, 0) is 33.2 Å². The summed E-state index contributed by atoms with van der Waals surface area (Å²) >= 11 is 0. The van der Waals surface area contributed by atoms with Gasteiger partial charge in [0, 0.05) is 6.42 Å². The Hall–Kier alpha value is -1.47. The van der Waals surface area contributed by atoms with Crippen LogP contribution in [-0.4, -0.2) is 193 Å². The highest BCUT2D eigenvalue weighted by atomic mass is 16.8. The first-order chi connectivity index (χ1) is 49.8. The SMILES string of the molecule is CCCCCCCCCC/C=C\CCCCCCCCCCCCCCCCCCCCCCCC(=O)NC(COC1OC(CO)C(OC2OC(CO)C(OC3OC(CO)C(O)C(O)C3O)C(O)C2O)C(O)C1O)C(O)CCCCCCCCCCCCCCCCCCCCCCCCCC. The molecule has 0 radical (unpaired) electrons. The van der Waals surface area contributed by atoms with Crippen LogP contribution in [0.25, 0.3) is 0 Å². The Balaban J connectivity index is 1.33. The minimum atomic E-state index is -1.97. The van der Waals surface area contributed by atoms with E-state index in [-0.39, 0.29) is 18.9 Å². The number of unbranched alkanes of at least 4 members (excludes halogenated alkanes) is 52. The Kier molecular flexibility index (Phi) is 59.8. The Morgan fingerprint density at radius 1 is 0.343 bits per heavy atom. The van der Waals surface area contributed by atoms with Crippen molar-refractivity contribution in [3.8, 4) is 0 Å². The van der Waals surface area contributed by atoms with E-state index < -0.39 is 124 Å². The zero-order valence-corrected chi connectivity index (χ0v) is 64.9. The molecule has 0 saturated carbocycles. The van der Waals surface area contributed by atoms with Crippen LogP contribution in [0.1, 0.15) is 380 Å². The zero-order chi connectivity index (χ0) is 73.9. The van der Waals surface area contributed by atoms with Crippen LogP contribution in [0, 0.1) is 0 Å². The van der Waals surface area contributed by atoms with Gasteiger partial charge in [-0.15, -0.1) is 0 Å². The van der Waals surface area contributed by atoms with Crippen molar-refractivity contribution in [2.45, 2.75) is 484 Å². The van der Waals surface area contributed by atoms with Gasteiger partial charge in [-0.05, 0) is 38.5 Å². The molecule has 3 saturated heterocycles. The largest absolute Gasteiger partial charge is 0.394 e. The number of carbonyl (C=O) groups is 1. The van der Waals surface area contributed by atoms with Crippen molar-refractivity contribution in [2.75, 3.05) is 26.4 Å². The van der Waals surface area contributed by atoms with Gasteiger partial charge in [0.05, 0.1) is 38.6 Å². The van der Waals surface area contributed by atoms with E-state index in [1.54, 1.807) is 0 Å². The van der Waals surface area contributed by atoms with E-state index >= 15 is 0 Å². The lowest BCUT2D eigenvalue weighted by molar-refractivity contribution is -0.379. The average molecular weight is 1460 g/mol. The summed E-state index contributed by atoms with van der Waals surface area (Å²) in [5.74, 6) is -0.233. The number of aliphatic hydroxyl groups is 11. The molecule has 19 nitrogen and oxygen atoms in total. The summed E-state index contributed by atoms with van der Waals surface area (Å²) in [5.41, 5.74) is 0. The average Bonchev–Trinajstić information content (AvgIpc) is 0.781. The maximum Gasteiger partial charge on any atom is 0.220 e. The molecule has 0 aromatic heterocycles. The van der Waals surface area contributed by atoms with Crippen molar-refractivity contribution in [3.63, 3.8) is 0 Å². The van der Waals surface area contributed by atoms with Crippen LogP contribution in [0.2, 0.25) is 0 Å². The molecule has 3 rings (SSSR count). The number of rotatable bonds is 70. The van der Waals surface area contributed by atoms with E-state index in [4.69, 9.17) is 28.4 Å². The minimum Gasteiger partial charge on any atom is -0.394 e. The predicted molar refractivity (Wildman–Crippen MR) is 407 cm³/mol. The molecule has 0 aliphatic carbocycles. The van der Waals surface area contributed by atoms with Crippen LogP contribution < -0.4 is 5.32 Å². The summed E-state index contributed by atoms with van der Waals surface area (Å²) in [6.07, 6.45) is 50.3. The molecule has 17 atom stereocenters. The summed E-state index contributed by atoms with van der Waals surface area (Å²) in [6.45, 7) is 1.87. The molecule has 19 heteroatoms. The topological polar surface area (TPSA) is 307 Å². The second-order valence-corrected chi connectivity index (χ2v) is 31.0. The second-order valence-electron chi connectivity index (χ2n) is 31.0. The Bertz CT molecular complexity index is 1890. The number of hydrogen-bond acceptors (Lipinski definition) is 18. The van der Waals surface area contributed by atoms with Crippen molar-refractivity contribution >= 4 is 5.91 Å². The monoisotopic (exact) mass is 1460 g/mol. The molecule has 3 fully saturated rings. The summed E-state index contributed by atoms with van der Waals surface area (Å²) in [7, 11) is 0. The van der Waals surface area contributed by atoms with Gasteiger partial charge in [0.15, 0.2) is 18.9 Å². The Morgan fingerprint density at radius 3 is 0.951 bits per heavy atom. The van der Waals surface area contributed by atoms with E-state index in [2.05, 4.69) is 31.3 Å². The first-order valence-electron chi connectivity index (χ1n) is 42.9. The molecule has 3 heterocycles. The maximum absolute atomic E-state index is 13.5. The fourth-order valence-corrected chi connectivity index (χ4v) is 15.0. The van der Waals surface area contributed by atoms with Crippen molar-refractivity contribution in [1.82, 2.24) is 5.32 Å². The van der Waals surface area contributed by atoms with Crippen LogP contribution in [0.3, 0.4) is 0 Å². The molecule has 0 aromatic carbocycles. The second kappa shape index (κ2) is 64.4. The molecule has 102 heavy (non-hydrogen) atoms. The van der Waals surface area contributed by atoms with E-state index in [0.717, 1.165) is 44.9 Å². The van der Waals surface area contributed by atoms with E-state index in [1.807, 2.05) is 0 Å². The molecular weight excluding hydrogens is 1300 g/mol. The summed E-state index contributed by atoms with van der Waals surface area (Å²) in [6, 6.07) is -0.885. The van der Waals surface area contributed by atoms with Crippen molar-refractivity contribution < 1.29 is 89.4 Å². The van der Waals surface area contributed by atoms with Gasteiger partial charge < -0.3 is 89.9 Å². The van der Waals surface area contributed by atoms with Gasteiger partial charge in [-0.1, -0.05) is 347 Å². The van der Waals surface area contributed by atoms with Gasteiger partial charge in [-0.25, -0.2) is 0 Å². The molecule has 0 bridgehead atoms. The number of allylic oxidation sites excluding steroid dienone is 2. The molecule has 3 aliphatic heterocycles. The van der Waals surface area contributed by atoms with Gasteiger partial charge in [0.2, 0.25) is 5.91 Å².